The molecule has 5 heteroatoms. The number of nitrogens with zero attached hydrogens (tertiary/aromatic N) is 1. The molecule has 24 heavy (non-hydrogen) atoms. The molecule has 1 aromatic carbocycles. The Labute approximate surface area is 144 Å². The Hall–Kier alpha value is -2.56. The molecule has 1 unspecified atom stereocenters. The summed E-state index contributed by atoms with van der Waals surface area (Å²) in [5.41, 5.74) is 0.106. The summed E-state index contributed by atoms with van der Waals surface area (Å²) in [6.45, 7) is 13.0. The number of carbonyl (C=O) groups is 2. The van der Waals surface area contributed by atoms with Gasteiger partial charge in [-0.3, -0.25) is 4.79 Å². The molecule has 2 amide bonds. The second kappa shape index (κ2) is 8.91. The van der Waals surface area contributed by atoms with Crippen LogP contribution in [-0.2, 0) is 9.53 Å². The fraction of sp³-hybridized carbons (Fsp3) is 0.368. The van der Waals surface area contributed by atoms with Gasteiger partial charge in [0.1, 0.15) is 11.6 Å². The van der Waals surface area contributed by atoms with Crippen LogP contribution in [-0.4, -0.2) is 30.2 Å². The van der Waals surface area contributed by atoms with E-state index in [1.54, 1.807) is 37.8 Å². The Bertz CT molecular complexity index is 576. The summed E-state index contributed by atoms with van der Waals surface area (Å²) in [4.78, 5) is 26.5. The highest BCUT2D eigenvalue weighted by molar-refractivity contribution is 5.99. The molecular formula is C19H26N2O3. The summed E-state index contributed by atoms with van der Waals surface area (Å²) >= 11 is 0. The maximum atomic E-state index is 12.9. The second-order valence-electron chi connectivity index (χ2n) is 6.30. The van der Waals surface area contributed by atoms with E-state index in [4.69, 9.17) is 4.74 Å². The van der Waals surface area contributed by atoms with Crippen LogP contribution < -0.4 is 10.2 Å². The lowest BCUT2D eigenvalue weighted by atomic mass is 10.1. The number of hydrogen-bond donors (Lipinski definition) is 1. The van der Waals surface area contributed by atoms with E-state index < -0.39 is 17.7 Å². The number of nitrogens with one attached hydrogen (secondary N) is 1. The molecule has 0 aliphatic heterocycles. The maximum Gasteiger partial charge on any atom is 0.408 e. The lowest BCUT2D eigenvalue weighted by Gasteiger charge is -2.28. The summed E-state index contributed by atoms with van der Waals surface area (Å²) in [6, 6.07) is 8.49. The van der Waals surface area contributed by atoms with Crippen molar-refractivity contribution in [2.45, 2.75) is 38.8 Å². The molecule has 0 radical (unpaired) electrons. The predicted molar refractivity (Wildman–Crippen MR) is 97.0 cm³/mol. The largest absolute Gasteiger partial charge is 0.444 e. The second-order valence-corrected chi connectivity index (χ2v) is 6.30. The highest BCUT2D eigenvalue weighted by Crippen LogP contribution is 2.16. The molecule has 1 aromatic rings. The van der Waals surface area contributed by atoms with E-state index in [-0.39, 0.29) is 5.91 Å². The maximum absolute atomic E-state index is 12.9. The normalized spacial score (nSPS) is 12.0. The minimum absolute atomic E-state index is 0.244. The number of benzene rings is 1. The first-order valence-electron chi connectivity index (χ1n) is 7.86. The van der Waals surface area contributed by atoms with Crippen molar-refractivity contribution in [2.24, 2.45) is 0 Å². The molecule has 1 rings (SSSR count). The molecule has 130 valence electrons. The average Bonchev–Trinajstić information content (AvgIpc) is 2.50. The van der Waals surface area contributed by atoms with Crippen molar-refractivity contribution in [1.82, 2.24) is 5.32 Å². The Morgan fingerprint density at radius 2 is 1.83 bits per heavy atom. The molecule has 0 saturated carbocycles. The van der Waals surface area contributed by atoms with Gasteiger partial charge < -0.3 is 15.0 Å². The van der Waals surface area contributed by atoms with Gasteiger partial charge in [0, 0.05) is 12.2 Å². The average molecular weight is 330 g/mol. The van der Waals surface area contributed by atoms with Gasteiger partial charge in [0.25, 0.3) is 0 Å². The Morgan fingerprint density at radius 3 is 2.33 bits per heavy atom. The number of amides is 2. The first-order chi connectivity index (χ1) is 11.3. The van der Waals surface area contributed by atoms with Gasteiger partial charge in [-0.1, -0.05) is 30.4 Å². The first kappa shape index (κ1) is 19.5. The van der Waals surface area contributed by atoms with Crippen LogP contribution in [0.3, 0.4) is 0 Å². The molecular weight excluding hydrogens is 304 g/mol. The Kier molecular flexibility index (Phi) is 7.24. The van der Waals surface area contributed by atoms with Crippen molar-refractivity contribution >= 4 is 17.7 Å². The van der Waals surface area contributed by atoms with E-state index in [1.807, 2.05) is 30.3 Å². The van der Waals surface area contributed by atoms with Crippen LogP contribution in [0.5, 0.6) is 0 Å². The van der Waals surface area contributed by atoms with E-state index in [9.17, 15) is 9.59 Å². The first-order valence-corrected chi connectivity index (χ1v) is 7.86. The minimum Gasteiger partial charge on any atom is -0.444 e. The molecule has 0 bridgehead atoms. The molecule has 0 aliphatic carbocycles. The van der Waals surface area contributed by atoms with E-state index in [2.05, 4.69) is 18.5 Å². The summed E-state index contributed by atoms with van der Waals surface area (Å²) in [5, 5.41) is 2.62. The third kappa shape index (κ3) is 6.28. The minimum atomic E-state index is -0.752. The zero-order valence-electron chi connectivity index (χ0n) is 14.6. The summed E-state index contributed by atoms with van der Waals surface area (Å²) in [6.07, 6.45) is 2.91. The van der Waals surface area contributed by atoms with Crippen molar-refractivity contribution in [2.75, 3.05) is 11.4 Å². The lowest BCUT2D eigenvalue weighted by molar-refractivity contribution is -0.120. The van der Waals surface area contributed by atoms with Crippen molar-refractivity contribution in [3.8, 4) is 0 Å². The van der Waals surface area contributed by atoms with E-state index in [1.165, 1.54) is 0 Å². The van der Waals surface area contributed by atoms with Crippen LogP contribution in [0.4, 0.5) is 10.5 Å². The van der Waals surface area contributed by atoms with Gasteiger partial charge in [0.15, 0.2) is 0 Å². The van der Waals surface area contributed by atoms with Gasteiger partial charge in [-0.25, -0.2) is 4.79 Å². The van der Waals surface area contributed by atoms with Gasteiger partial charge in [-0.15, -0.1) is 13.2 Å². The number of ether oxygens (including phenoxy) is 1. The van der Waals surface area contributed by atoms with Gasteiger partial charge in [0.2, 0.25) is 5.91 Å². The van der Waals surface area contributed by atoms with Crippen LogP contribution in [0, 0.1) is 0 Å². The van der Waals surface area contributed by atoms with Gasteiger partial charge >= 0.3 is 6.09 Å². The zero-order valence-corrected chi connectivity index (χ0v) is 14.6. The topological polar surface area (TPSA) is 58.6 Å². The fourth-order valence-corrected chi connectivity index (χ4v) is 2.09. The van der Waals surface area contributed by atoms with Gasteiger partial charge in [-0.05, 0) is 39.3 Å². The number of alkyl carbamates (subject to hydrolysis) is 1. The number of para-hydroxylation sites is 1. The number of anilines is 1. The van der Waals surface area contributed by atoms with Gasteiger partial charge in [-0.2, -0.15) is 0 Å². The van der Waals surface area contributed by atoms with E-state index in [0.717, 1.165) is 5.69 Å². The van der Waals surface area contributed by atoms with Crippen LogP contribution >= 0.6 is 0 Å². The highest BCUT2D eigenvalue weighted by atomic mass is 16.6. The highest BCUT2D eigenvalue weighted by Gasteiger charge is 2.27. The van der Waals surface area contributed by atoms with Crippen molar-refractivity contribution in [3.63, 3.8) is 0 Å². The standard InChI is InChI=1S/C19H26N2O3/c1-6-11-16(20-18(23)24-19(3,4)5)17(22)21(14-7-2)15-12-9-8-10-13-15/h6-10,12-13,16H,1-2,11,14H2,3-5H3,(H,20,23). The Balaban J connectivity index is 2.95. The summed E-state index contributed by atoms with van der Waals surface area (Å²) in [5.74, 6) is -0.244. The summed E-state index contributed by atoms with van der Waals surface area (Å²) in [7, 11) is 0. The van der Waals surface area contributed by atoms with Crippen molar-refractivity contribution in [1.29, 1.82) is 0 Å². The molecule has 5 nitrogen and oxygen atoms in total. The molecule has 1 N–H and O–H groups in total. The third-order valence-electron chi connectivity index (χ3n) is 3.04. The molecule has 1 atom stereocenters. The lowest BCUT2D eigenvalue weighted by Crippen LogP contribution is -2.49. The quantitative estimate of drug-likeness (QED) is 0.776. The molecule has 0 heterocycles. The van der Waals surface area contributed by atoms with E-state index in [0.29, 0.717) is 13.0 Å². The van der Waals surface area contributed by atoms with Crippen LogP contribution in [0.15, 0.2) is 55.6 Å². The summed E-state index contributed by atoms with van der Waals surface area (Å²) < 4.78 is 5.23. The van der Waals surface area contributed by atoms with Crippen LogP contribution in [0.1, 0.15) is 27.2 Å². The molecule has 0 spiro atoms. The number of carbonyl (C=O) groups excluding carboxylic acids is 2. The van der Waals surface area contributed by atoms with Crippen molar-refractivity contribution < 1.29 is 14.3 Å². The smallest absolute Gasteiger partial charge is 0.408 e. The fourth-order valence-electron chi connectivity index (χ4n) is 2.09. The number of hydrogen-bond acceptors (Lipinski definition) is 3. The third-order valence-corrected chi connectivity index (χ3v) is 3.04. The molecule has 0 fully saturated rings. The molecule has 0 aromatic heterocycles. The van der Waals surface area contributed by atoms with Crippen LogP contribution in [0.2, 0.25) is 0 Å². The van der Waals surface area contributed by atoms with E-state index >= 15 is 0 Å². The van der Waals surface area contributed by atoms with Gasteiger partial charge in [0.05, 0.1) is 0 Å². The molecule has 0 saturated heterocycles. The predicted octanol–water partition coefficient (Wildman–Crippen LogP) is 3.68. The monoisotopic (exact) mass is 330 g/mol. The SMILES string of the molecule is C=CCC(NC(=O)OC(C)(C)C)C(=O)N(CC=C)c1ccccc1. The van der Waals surface area contributed by atoms with Crippen molar-refractivity contribution in [3.05, 3.63) is 55.6 Å². The van der Waals surface area contributed by atoms with Crippen LogP contribution in [0.25, 0.3) is 0 Å². The Morgan fingerprint density at radius 1 is 1.21 bits per heavy atom. The zero-order chi connectivity index (χ0) is 18.2. The number of rotatable bonds is 7. The molecule has 0 aliphatic rings.